The highest BCUT2D eigenvalue weighted by molar-refractivity contribution is 5.89. The summed E-state index contributed by atoms with van der Waals surface area (Å²) < 4.78 is 27.8. The van der Waals surface area contributed by atoms with Crippen LogP contribution in [0.1, 0.15) is 53.9 Å². The minimum absolute atomic E-state index is 0.356. The van der Waals surface area contributed by atoms with Gasteiger partial charge in [0.15, 0.2) is 0 Å². The molecule has 4 heteroatoms. The lowest BCUT2D eigenvalue weighted by atomic mass is 9.92. The maximum absolute atomic E-state index is 13.9. The van der Waals surface area contributed by atoms with E-state index >= 15 is 0 Å². The SMILES string of the molecule is O=C(O)c1c(F)cc(-c2ccc(C3CC4CCCC4C3)cc2)cc1F. The Morgan fingerprint density at radius 1 is 0.920 bits per heavy atom. The Labute approximate surface area is 145 Å². The Bertz CT molecular complexity index is 778. The zero-order chi connectivity index (χ0) is 17.6. The minimum Gasteiger partial charge on any atom is -0.477 e. The fraction of sp³-hybridized carbons (Fsp3) is 0.381. The molecule has 0 aliphatic heterocycles. The van der Waals surface area contributed by atoms with Gasteiger partial charge in [-0.1, -0.05) is 43.5 Å². The number of benzene rings is 2. The molecule has 2 atom stereocenters. The van der Waals surface area contributed by atoms with Crippen molar-refractivity contribution in [2.45, 2.75) is 38.0 Å². The first-order valence-corrected chi connectivity index (χ1v) is 8.85. The Morgan fingerprint density at radius 2 is 1.48 bits per heavy atom. The molecule has 2 nitrogen and oxygen atoms in total. The van der Waals surface area contributed by atoms with Gasteiger partial charge in [0.05, 0.1) is 0 Å². The maximum Gasteiger partial charge on any atom is 0.341 e. The van der Waals surface area contributed by atoms with E-state index in [2.05, 4.69) is 0 Å². The highest BCUT2D eigenvalue weighted by Gasteiger charge is 2.37. The van der Waals surface area contributed by atoms with E-state index in [1.165, 1.54) is 37.7 Å². The van der Waals surface area contributed by atoms with E-state index in [9.17, 15) is 13.6 Å². The molecular weight excluding hydrogens is 322 g/mol. The van der Waals surface area contributed by atoms with E-state index in [0.29, 0.717) is 17.0 Å². The average Bonchev–Trinajstić information content (AvgIpc) is 3.15. The van der Waals surface area contributed by atoms with Crippen molar-refractivity contribution in [2.75, 3.05) is 0 Å². The van der Waals surface area contributed by atoms with Crippen molar-refractivity contribution in [3.63, 3.8) is 0 Å². The van der Waals surface area contributed by atoms with E-state index in [-0.39, 0.29) is 0 Å². The number of fused-ring (bicyclic) bond motifs is 1. The fourth-order valence-corrected chi connectivity index (χ4v) is 4.73. The largest absolute Gasteiger partial charge is 0.477 e. The molecule has 130 valence electrons. The molecule has 4 rings (SSSR count). The van der Waals surface area contributed by atoms with Crippen molar-refractivity contribution in [3.8, 4) is 11.1 Å². The zero-order valence-corrected chi connectivity index (χ0v) is 13.8. The molecule has 2 fully saturated rings. The summed E-state index contributed by atoms with van der Waals surface area (Å²) in [4.78, 5) is 10.9. The van der Waals surface area contributed by atoms with Gasteiger partial charge in [0.25, 0.3) is 0 Å². The van der Waals surface area contributed by atoms with Crippen molar-refractivity contribution in [1.82, 2.24) is 0 Å². The highest BCUT2D eigenvalue weighted by Crippen LogP contribution is 2.50. The van der Waals surface area contributed by atoms with Crippen molar-refractivity contribution < 1.29 is 18.7 Å². The number of rotatable bonds is 3. The number of hydrogen-bond donors (Lipinski definition) is 1. The van der Waals surface area contributed by atoms with Gasteiger partial charge in [0.2, 0.25) is 0 Å². The Balaban J connectivity index is 1.57. The first kappa shape index (κ1) is 16.2. The molecule has 0 amide bonds. The van der Waals surface area contributed by atoms with E-state index in [1.807, 2.05) is 24.3 Å². The van der Waals surface area contributed by atoms with Gasteiger partial charge < -0.3 is 5.11 Å². The van der Waals surface area contributed by atoms with Gasteiger partial charge in [-0.15, -0.1) is 0 Å². The number of halogens is 2. The lowest BCUT2D eigenvalue weighted by Crippen LogP contribution is -2.04. The third-order valence-corrected chi connectivity index (χ3v) is 5.96. The van der Waals surface area contributed by atoms with Crippen LogP contribution in [0.15, 0.2) is 36.4 Å². The zero-order valence-electron chi connectivity index (χ0n) is 13.8. The quantitative estimate of drug-likeness (QED) is 0.785. The van der Waals surface area contributed by atoms with Crippen LogP contribution in [0, 0.1) is 23.5 Å². The third kappa shape index (κ3) is 2.94. The number of carboxylic acid groups (broad SMARTS) is 1. The van der Waals surface area contributed by atoms with Gasteiger partial charge in [0, 0.05) is 0 Å². The van der Waals surface area contributed by atoms with Crippen LogP contribution in [-0.4, -0.2) is 11.1 Å². The van der Waals surface area contributed by atoms with Gasteiger partial charge in [-0.05, 0) is 59.4 Å². The summed E-state index contributed by atoms with van der Waals surface area (Å²) in [5, 5.41) is 8.85. The minimum atomic E-state index is -1.59. The maximum atomic E-state index is 13.9. The Morgan fingerprint density at radius 3 is 2.00 bits per heavy atom. The van der Waals surface area contributed by atoms with Crippen LogP contribution in [0.2, 0.25) is 0 Å². The Hall–Kier alpha value is -2.23. The normalized spacial score (nSPS) is 25.1. The first-order chi connectivity index (χ1) is 12.0. The second-order valence-corrected chi connectivity index (χ2v) is 7.36. The number of carboxylic acids is 1. The summed E-state index contributed by atoms with van der Waals surface area (Å²) in [7, 11) is 0. The van der Waals surface area contributed by atoms with Crippen LogP contribution in [0.3, 0.4) is 0 Å². The third-order valence-electron chi connectivity index (χ3n) is 5.96. The molecule has 2 aromatic carbocycles. The van der Waals surface area contributed by atoms with Crippen LogP contribution in [0.25, 0.3) is 11.1 Å². The van der Waals surface area contributed by atoms with E-state index < -0.39 is 23.2 Å². The molecule has 0 heterocycles. The molecule has 1 N–H and O–H groups in total. The summed E-state index contributed by atoms with van der Waals surface area (Å²) in [6, 6.07) is 10.0. The predicted octanol–water partition coefficient (Wildman–Crippen LogP) is 5.62. The summed E-state index contributed by atoms with van der Waals surface area (Å²) >= 11 is 0. The lowest BCUT2D eigenvalue weighted by Gasteiger charge is -2.13. The predicted molar refractivity (Wildman–Crippen MR) is 91.6 cm³/mol. The van der Waals surface area contributed by atoms with Gasteiger partial charge in [0.1, 0.15) is 17.2 Å². The molecule has 0 radical (unpaired) electrons. The molecule has 2 aliphatic rings. The van der Waals surface area contributed by atoms with Crippen LogP contribution < -0.4 is 0 Å². The monoisotopic (exact) mass is 342 g/mol. The van der Waals surface area contributed by atoms with E-state index in [4.69, 9.17) is 5.11 Å². The van der Waals surface area contributed by atoms with Crippen molar-refractivity contribution in [2.24, 2.45) is 11.8 Å². The fourth-order valence-electron chi connectivity index (χ4n) is 4.73. The summed E-state index contributed by atoms with van der Waals surface area (Å²) in [5.74, 6) is -1.35. The van der Waals surface area contributed by atoms with Gasteiger partial charge in [-0.25, -0.2) is 13.6 Å². The molecule has 25 heavy (non-hydrogen) atoms. The Kier molecular flexibility index (Phi) is 4.06. The van der Waals surface area contributed by atoms with Crippen LogP contribution >= 0.6 is 0 Å². The standard InChI is InChI=1S/C21H20F2O2/c22-18-10-17(11-19(23)20(18)21(24)25)13-6-4-12(5-7-13)16-8-14-2-1-3-15(14)9-16/h4-7,10-11,14-16H,1-3,8-9H2,(H,24,25). The molecular formula is C21H20F2O2. The molecule has 2 aliphatic carbocycles. The van der Waals surface area contributed by atoms with Gasteiger partial charge >= 0.3 is 5.97 Å². The second kappa shape index (κ2) is 6.25. The van der Waals surface area contributed by atoms with E-state index in [0.717, 1.165) is 24.0 Å². The molecule has 2 saturated carbocycles. The molecule has 0 spiro atoms. The molecule has 0 bridgehead atoms. The molecule has 0 saturated heterocycles. The average molecular weight is 342 g/mol. The van der Waals surface area contributed by atoms with Gasteiger partial charge in [-0.3, -0.25) is 0 Å². The summed E-state index contributed by atoms with van der Waals surface area (Å²) in [5.41, 5.74) is 1.44. The van der Waals surface area contributed by atoms with Crippen molar-refractivity contribution in [1.29, 1.82) is 0 Å². The number of aromatic carboxylic acids is 1. The highest BCUT2D eigenvalue weighted by atomic mass is 19.1. The molecule has 2 unspecified atom stereocenters. The van der Waals surface area contributed by atoms with Gasteiger partial charge in [-0.2, -0.15) is 0 Å². The number of carbonyl (C=O) groups is 1. The van der Waals surface area contributed by atoms with Crippen LogP contribution in [0.4, 0.5) is 8.78 Å². The number of hydrogen-bond acceptors (Lipinski definition) is 1. The second-order valence-electron chi connectivity index (χ2n) is 7.36. The van der Waals surface area contributed by atoms with Crippen LogP contribution in [-0.2, 0) is 0 Å². The summed E-state index contributed by atoms with van der Waals surface area (Å²) in [6.45, 7) is 0. The summed E-state index contributed by atoms with van der Waals surface area (Å²) in [6.07, 6.45) is 6.58. The molecule has 0 aromatic heterocycles. The first-order valence-electron chi connectivity index (χ1n) is 8.85. The molecule has 2 aromatic rings. The smallest absolute Gasteiger partial charge is 0.341 e. The lowest BCUT2D eigenvalue weighted by molar-refractivity contribution is 0.0686. The van der Waals surface area contributed by atoms with Crippen molar-refractivity contribution in [3.05, 3.63) is 59.2 Å². The van der Waals surface area contributed by atoms with Crippen LogP contribution in [0.5, 0.6) is 0 Å². The van der Waals surface area contributed by atoms with E-state index in [1.54, 1.807) is 0 Å². The van der Waals surface area contributed by atoms with Crippen molar-refractivity contribution >= 4 is 5.97 Å². The topological polar surface area (TPSA) is 37.3 Å².